The molecule has 0 amide bonds. The maximum atomic E-state index is 10.4. The van der Waals surface area contributed by atoms with Crippen LogP contribution in [0.25, 0.3) is 0 Å². The predicted molar refractivity (Wildman–Crippen MR) is 49.1 cm³/mol. The van der Waals surface area contributed by atoms with Gasteiger partial charge in [0.1, 0.15) is 5.76 Å². The first-order valence-corrected chi connectivity index (χ1v) is 5.28. The van der Waals surface area contributed by atoms with Crippen molar-refractivity contribution in [2.75, 3.05) is 0 Å². The maximum absolute atomic E-state index is 10.4. The van der Waals surface area contributed by atoms with Gasteiger partial charge < -0.3 is 4.74 Å². The van der Waals surface area contributed by atoms with Crippen molar-refractivity contribution in [2.24, 2.45) is 0 Å². The van der Waals surface area contributed by atoms with Crippen LogP contribution < -0.4 is 0 Å². The van der Waals surface area contributed by atoms with Crippen LogP contribution in [0, 0.1) is 0 Å². The van der Waals surface area contributed by atoms with E-state index in [0.717, 1.165) is 0 Å². The summed E-state index contributed by atoms with van der Waals surface area (Å²) < 4.78 is 8.92. The summed E-state index contributed by atoms with van der Waals surface area (Å²) in [7, 11) is 0. The molecule has 0 aromatic carbocycles. The summed E-state index contributed by atoms with van der Waals surface area (Å²) in [6.07, 6.45) is 3.68. The second-order valence-electron chi connectivity index (χ2n) is 1.71. The molecule has 0 saturated heterocycles. The summed E-state index contributed by atoms with van der Waals surface area (Å²) in [5.74, 6) is 0.392. The van der Waals surface area contributed by atoms with Gasteiger partial charge in [0.25, 0.3) is 0 Å². The first kappa shape index (κ1) is 7.65. The molecule has 0 spiro atoms. The van der Waals surface area contributed by atoms with Gasteiger partial charge in [-0.05, 0) is 20.2 Å². The molecule has 10 heavy (non-hydrogen) atoms. The molecule has 0 aromatic heterocycles. The largest absolute Gasteiger partial charge is 0.427 e. The Bertz CT molecular complexity index is 226. The van der Waals surface area contributed by atoms with Crippen molar-refractivity contribution < 1.29 is 9.53 Å². The van der Waals surface area contributed by atoms with Crippen molar-refractivity contribution in [1.29, 1.82) is 0 Å². The van der Waals surface area contributed by atoms with Crippen molar-refractivity contribution >= 4 is 30.7 Å². The summed E-state index contributed by atoms with van der Waals surface area (Å²) in [4.78, 5) is 10.4. The Morgan fingerprint density at radius 3 is 3.00 bits per heavy atom. The first-order valence-electron chi connectivity index (χ1n) is 2.79. The lowest BCUT2D eigenvalue weighted by atomic mass is 10.4. The average Bonchev–Trinajstić information content (AvgIpc) is 1.88. The van der Waals surface area contributed by atoms with Crippen molar-refractivity contribution in [2.45, 2.75) is 6.92 Å². The molecular formula is C7H7IO2. The molecule has 0 aliphatic carbocycles. The number of hydrogen-bond donors (Lipinski definition) is 0. The molecule has 0 bridgehead atoms. The number of halogens is 1. The van der Waals surface area contributed by atoms with Crippen LogP contribution in [0.3, 0.4) is 0 Å². The molecule has 1 heterocycles. The van der Waals surface area contributed by atoms with Crippen LogP contribution in [0.15, 0.2) is 22.0 Å². The molecule has 0 atom stereocenters. The Kier molecular flexibility index (Phi) is 2.80. The lowest BCUT2D eigenvalue weighted by Gasteiger charge is -2.00. The van der Waals surface area contributed by atoms with Crippen LogP contribution in [-0.2, 0) is 9.53 Å². The molecule has 1 aliphatic rings. The average molecular weight is 250 g/mol. The molecule has 2 nitrogen and oxygen atoms in total. The van der Waals surface area contributed by atoms with E-state index in [0.29, 0.717) is 5.76 Å². The standard InChI is InChI=1S/C7H7IO2/c1-6(9)10-7-2-4-8-5-3-7/h2-5H,1H3. The maximum Gasteiger partial charge on any atom is 0.308 e. The van der Waals surface area contributed by atoms with Gasteiger partial charge in [0.15, 0.2) is 0 Å². The van der Waals surface area contributed by atoms with Gasteiger partial charge >= 0.3 is 5.97 Å². The zero-order chi connectivity index (χ0) is 7.40. The second-order valence-corrected chi connectivity index (χ2v) is 3.86. The first-order chi connectivity index (χ1) is 4.79. The number of esters is 1. The van der Waals surface area contributed by atoms with E-state index in [4.69, 9.17) is 4.74 Å². The van der Waals surface area contributed by atoms with Crippen LogP contribution in [0.1, 0.15) is 6.92 Å². The third-order valence-corrected chi connectivity index (χ3v) is 2.41. The van der Waals surface area contributed by atoms with E-state index in [-0.39, 0.29) is 26.7 Å². The summed E-state index contributed by atoms with van der Waals surface area (Å²) in [6.45, 7) is 1.40. The number of rotatable bonds is 1. The molecule has 1 rings (SSSR count). The zero-order valence-corrected chi connectivity index (χ0v) is 7.66. The van der Waals surface area contributed by atoms with Gasteiger partial charge in [-0.3, -0.25) is 4.79 Å². The summed E-state index contributed by atoms with van der Waals surface area (Å²) >= 11 is 0.0883. The van der Waals surface area contributed by atoms with Crippen LogP contribution in [0.5, 0.6) is 0 Å². The number of hydrogen-bond acceptors (Lipinski definition) is 2. The van der Waals surface area contributed by atoms with E-state index in [1.165, 1.54) is 6.92 Å². The number of carbonyl (C=O) groups is 1. The minimum Gasteiger partial charge on any atom is -0.427 e. The minimum absolute atomic E-state index is 0.0883. The lowest BCUT2D eigenvalue weighted by Crippen LogP contribution is -1.97. The predicted octanol–water partition coefficient (Wildman–Crippen LogP) is 1.73. The van der Waals surface area contributed by atoms with Crippen LogP contribution >= 0.6 is 20.7 Å². The van der Waals surface area contributed by atoms with Crippen molar-refractivity contribution in [3.05, 3.63) is 22.0 Å². The van der Waals surface area contributed by atoms with E-state index >= 15 is 0 Å². The Morgan fingerprint density at radius 1 is 1.70 bits per heavy atom. The quantitative estimate of drug-likeness (QED) is 0.523. The fourth-order valence-corrected chi connectivity index (χ4v) is 1.89. The molecule has 0 unspecified atom stereocenters. The fraction of sp³-hybridized carbons (Fsp3) is 0.143. The van der Waals surface area contributed by atoms with Crippen molar-refractivity contribution in [3.63, 3.8) is 0 Å². The Morgan fingerprint density at radius 2 is 2.50 bits per heavy atom. The van der Waals surface area contributed by atoms with Gasteiger partial charge in [-0.1, -0.05) is 20.7 Å². The van der Waals surface area contributed by atoms with Crippen LogP contribution in [0.4, 0.5) is 0 Å². The topological polar surface area (TPSA) is 26.3 Å². The molecule has 0 N–H and O–H groups in total. The Labute approximate surface area is 69.3 Å². The summed E-state index contributed by atoms with van der Waals surface area (Å²) in [5, 5.41) is 0. The number of ether oxygens (including phenoxy) is 1. The van der Waals surface area contributed by atoms with E-state index in [1.54, 1.807) is 0 Å². The van der Waals surface area contributed by atoms with E-state index < -0.39 is 0 Å². The van der Waals surface area contributed by atoms with E-state index in [9.17, 15) is 4.79 Å². The van der Waals surface area contributed by atoms with Crippen LogP contribution in [0.2, 0.25) is 0 Å². The summed E-state index contributed by atoms with van der Waals surface area (Å²) in [6, 6.07) is 0. The van der Waals surface area contributed by atoms with Gasteiger partial charge in [0.2, 0.25) is 0 Å². The third-order valence-electron chi connectivity index (χ3n) is 0.862. The second kappa shape index (κ2) is 3.65. The van der Waals surface area contributed by atoms with Crippen molar-refractivity contribution in [3.8, 4) is 0 Å². The molecule has 0 fully saturated rings. The fourth-order valence-electron chi connectivity index (χ4n) is 0.528. The summed E-state index contributed by atoms with van der Waals surface area (Å²) in [5.41, 5.74) is 0. The van der Waals surface area contributed by atoms with E-state index in [1.807, 2.05) is 12.2 Å². The van der Waals surface area contributed by atoms with Gasteiger partial charge in [-0.15, -0.1) is 0 Å². The molecule has 1 aliphatic heterocycles. The third kappa shape index (κ3) is 2.43. The molecule has 54 valence electrons. The van der Waals surface area contributed by atoms with Gasteiger partial charge in [0, 0.05) is 6.92 Å². The lowest BCUT2D eigenvalue weighted by molar-refractivity contribution is -0.136. The molecule has 0 aromatic rings. The molecule has 0 radical (unpaired) electrons. The SMILES string of the molecule is CC(=O)OC1=CC=IC=C1. The Hall–Kier alpha value is -0.450. The highest BCUT2D eigenvalue weighted by molar-refractivity contribution is 14.2. The van der Waals surface area contributed by atoms with Gasteiger partial charge in [-0.2, -0.15) is 0 Å². The van der Waals surface area contributed by atoms with Crippen molar-refractivity contribution in [1.82, 2.24) is 0 Å². The smallest absolute Gasteiger partial charge is 0.308 e. The van der Waals surface area contributed by atoms with Gasteiger partial charge in [-0.25, -0.2) is 0 Å². The number of carbonyl (C=O) groups excluding carboxylic acids is 1. The zero-order valence-electron chi connectivity index (χ0n) is 5.50. The minimum atomic E-state index is -0.260. The highest BCUT2D eigenvalue weighted by Gasteiger charge is 1.96. The highest BCUT2D eigenvalue weighted by atomic mass is 127. The molecule has 3 heteroatoms. The number of allylic oxidation sites excluding steroid dienone is 2. The normalized spacial score (nSPS) is 15.5. The van der Waals surface area contributed by atoms with Gasteiger partial charge in [0.05, 0.1) is 0 Å². The van der Waals surface area contributed by atoms with E-state index in [2.05, 4.69) is 8.09 Å². The Balaban J connectivity index is 2.58. The molecular weight excluding hydrogens is 243 g/mol. The monoisotopic (exact) mass is 250 g/mol. The highest BCUT2D eigenvalue weighted by Crippen LogP contribution is 2.10. The van der Waals surface area contributed by atoms with Crippen LogP contribution in [-0.4, -0.2) is 9.98 Å². The molecule has 0 saturated carbocycles.